The van der Waals surface area contributed by atoms with Crippen LogP contribution in [-0.4, -0.2) is 12.5 Å². The minimum absolute atomic E-state index is 0.0955. The van der Waals surface area contributed by atoms with E-state index in [1.54, 1.807) is 0 Å². The SMILES string of the molecule is NN1CC(=O)Nc2c(Br)cccc21. The van der Waals surface area contributed by atoms with Gasteiger partial charge in [0.05, 0.1) is 11.4 Å². The van der Waals surface area contributed by atoms with E-state index in [1.165, 1.54) is 5.01 Å². The number of nitrogens with two attached hydrogens (primary N) is 1. The van der Waals surface area contributed by atoms with Crippen LogP contribution in [0.4, 0.5) is 11.4 Å². The quantitative estimate of drug-likeness (QED) is 0.669. The van der Waals surface area contributed by atoms with E-state index in [0.717, 1.165) is 15.8 Å². The molecule has 4 nitrogen and oxygen atoms in total. The van der Waals surface area contributed by atoms with E-state index in [1.807, 2.05) is 18.2 Å². The highest BCUT2D eigenvalue weighted by Gasteiger charge is 2.20. The Labute approximate surface area is 83.8 Å². The lowest BCUT2D eigenvalue weighted by Crippen LogP contribution is -2.42. The number of rotatable bonds is 0. The first-order chi connectivity index (χ1) is 6.18. The maximum atomic E-state index is 11.1. The number of hydrogen-bond acceptors (Lipinski definition) is 3. The predicted molar refractivity (Wildman–Crippen MR) is 54.3 cm³/mol. The second kappa shape index (κ2) is 3.01. The number of hydrogen-bond donors (Lipinski definition) is 2. The third-order valence-corrected chi connectivity index (χ3v) is 2.54. The summed E-state index contributed by atoms with van der Waals surface area (Å²) in [4.78, 5) is 11.1. The van der Waals surface area contributed by atoms with E-state index in [0.29, 0.717) is 0 Å². The number of fused-ring (bicyclic) bond motifs is 1. The Kier molecular flexibility index (Phi) is 1.97. The number of amides is 1. The lowest BCUT2D eigenvalue weighted by molar-refractivity contribution is -0.115. The average Bonchev–Trinajstić information content (AvgIpc) is 2.07. The fraction of sp³-hybridized carbons (Fsp3) is 0.125. The van der Waals surface area contributed by atoms with Gasteiger partial charge in [0.2, 0.25) is 5.91 Å². The van der Waals surface area contributed by atoms with Crippen LogP contribution in [0.1, 0.15) is 0 Å². The summed E-state index contributed by atoms with van der Waals surface area (Å²) in [7, 11) is 0. The highest BCUT2D eigenvalue weighted by molar-refractivity contribution is 9.10. The van der Waals surface area contributed by atoms with Crippen molar-refractivity contribution >= 4 is 33.2 Å². The van der Waals surface area contributed by atoms with Crippen molar-refractivity contribution in [2.45, 2.75) is 0 Å². The number of benzene rings is 1. The smallest absolute Gasteiger partial charge is 0.245 e. The van der Waals surface area contributed by atoms with Crippen LogP contribution in [-0.2, 0) is 4.79 Å². The van der Waals surface area contributed by atoms with Crippen LogP contribution in [0.2, 0.25) is 0 Å². The number of nitrogens with zero attached hydrogens (tertiary/aromatic N) is 1. The van der Waals surface area contributed by atoms with Crippen molar-refractivity contribution in [3.63, 3.8) is 0 Å². The lowest BCUT2D eigenvalue weighted by Gasteiger charge is -2.27. The van der Waals surface area contributed by atoms with Gasteiger partial charge in [0, 0.05) is 4.47 Å². The Morgan fingerprint density at radius 2 is 2.31 bits per heavy atom. The summed E-state index contributed by atoms with van der Waals surface area (Å²) >= 11 is 3.34. The number of carbonyl (C=O) groups is 1. The predicted octanol–water partition coefficient (Wildman–Crippen LogP) is 1.08. The number of halogens is 1. The molecule has 1 heterocycles. The van der Waals surface area contributed by atoms with Gasteiger partial charge in [-0.25, -0.2) is 5.84 Å². The molecule has 0 atom stereocenters. The standard InChI is InChI=1S/C8H8BrN3O/c9-5-2-1-3-6-8(5)11-7(13)4-12(6)10/h1-3H,4,10H2,(H,11,13). The van der Waals surface area contributed by atoms with Crippen molar-refractivity contribution in [1.82, 2.24) is 0 Å². The van der Waals surface area contributed by atoms with Gasteiger partial charge in [-0.15, -0.1) is 0 Å². The molecule has 68 valence electrons. The van der Waals surface area contributed by atoms with Crippen LogP contribution < -0.4 is 16.2 Å². The molecule has 0 radical (unpaired) electrons. The molecule has 0 spiro atoms. The summed E-state index contributed by atoms with van der Waals surface area (Å²) in [5.74, 6) is 5.56. The van der Waals surface area contributed by atoms with Crippen molar-refractivity contribution in [3.8, 4) is 0 Å². The van der Waals surface area contributed by atoms with Crippen LogP contribution in [0.3, 0.4) is 0 Å². The monoisotopic (exact) mass is 241 g/mol. The van der Waals surface area contributed by atoms with Gasteiger partial charge >= 0.3 is 0 Å². The van der Waals surface area contributed by atoms with Crippen molar-refractivity contribution < 1.29 is 4.79 Å². The Morgan fingerprint density at radius 3 is 3.08 bits per heavy atom. The van der Waals surface area contributed by atoms with Crippen molar-refractivity contribution in [2.75, 3.05) is 16.9 Å². The fourth-order valence-corrected chi connectivity index (χ4v) is 1.75. The molecule has 0 saturated carbocycles. The highest BCUT2D eigenvalue weighted by atomic mass is 79.9. The molecular weight excluding hydrogens is 234 g/mol. The number of para-hydroxylation sites is 1. The second-order valence-electron chi connectivity index (χ2n) is 2.81. The van der Waals surface area contributed by atoms with Gasteiger partial charge in [0.25, 0.3) is 0 Å². The molecule has 3 N–H and O–H groups in total. The zero-order valence-corrected chi connectivity index (χ0v) is 8.34. The Morgan fingerprint density at radius 1 is 1.54 bits per heavy atom. The van der Waals surface area contributed by atoms with Gasteiger partial charge in [-0.2, -0.15) is 0 Å². The first-order valence-corrected chi connectivity index (χ1v) is 4.58. The van der Waals surface area contributed by atoms with Crippen LogP contribution in [0.15, 0.2) is 22.7 Å². The Balaban J connectivity index is 2.54. The van der Waals surface area contributed by atoms with Gasteiger partial charge in [-0.05, 0) is 28.1 Å². The van der Waals surface area contributed by atoms with Crippen molar-refractivity contribution in [2.24, 2.45) is 5.84 Å². The fourth-order valence-electron chi connectivity index (χ4n) is 1.29. The zero-order chi connectivity index (χ0) is 9.42. The molecule has 0 aliphatic carbocycles. The number of hydrazine groups is 1. The molecule has 0 bridgehead atoms. The van der Waals surface area contributed by atoms with Crippen molar-refractivity contribution in [1.29, 1.82) is 0 Å². The summed E-state index contributed by atoms with van der Waals surface area (Å²) in [5, 5.41) is 4.18. The van der Waals surface area contributed by atoms with E-state index in [2.05, 4.69) is 21.2 Å². The molecule has 0 aromatic heterocycles. The van der Waals surface area contributed by atoms with Gasteiger partial charge < -0.3 is 5.32 Å². The first kappa shape index (κ1) is 8.52. The maximum Gasteiger partial charge on any atom is 0.245 e. The van der Waals surface area contributed by atoms with Crippen LogP contribution >= 0.6 is 15.9 Å². The molecule has 2 rings (SSSR count). The van der Waals surface area contributed by atoms with Crippen molar-refractivity contribution in [3.05, 3.63) is 22.7 Å². The molecule has 1 aliphatic rings. The first-order valence-electron chi connectivity index (χ1n) is 3.79. The van der Waals surface area contributed by atoms with Gasteiger partial charge in [0.15, 0.2) is 0 Å². The molecule has 0 fully saturated rings. The van der Waals surface area contributed by atoms with E-state index in [9.17, 15) is 4.79 Å². The molecule has 1 aliphatic heterocycles. The van der Waals surface area contributed by atoms with Gasteiger partial charge in [-0.3, -0.25) is 9.80 Å². The van der Waals surface area contributed by atoms with E-state index >= 15 is 0 Å². The number of nitrogens with one attached hydrogen (secondary N) is 1. The number of anilines is 2. The Bertz CT molecular complexity index is 366. The van der Waals surface area contributed by atoms with E-state index in [-0.39, 0.29) is 12.5 Å². The topological polar surface area (TPSA) is 58.4 Å². The third kappa shape index (κ3) is 1.40. The van der Waals surface area contributed by atoms with Gasteiger partial charge in [0.1, 0.15) is 6.54 Å². The summed E-state index contributed by atoms with van der Waals surface area (Å²) < 4.78 is 0.841. The Hall–Kier alpha value is -1.07. The van der Waals surface area contributed by atoms with Crippen LogP contribution in [0.5, 0.6) is 0 Å². The normalized spacial score (nSPS) is 15.2. The van der Waals surface area contributed by atoms with Gasteiger partial charge in [-0.1, -0.05) is 6.07 Å². The molecule has 13 heavy (non-hydrogen) atoms. The maximum absolute atomic E-state index is 11.1. The minimum Gasteiger partial charge on any atom is -0.322 e. The third-order valence-electron chi connectivity index (χ3n) is 1.88. The molecule has 5 heteroatoms. The molecule has 1 aromatic rings. The largest absolute Gasteiger partial charge is 0.322 e. The molecule has 0 unspecified atom stereocenters. The summed E-state index contributed by atoms with van der Waals surface area (Å²) in [6.45, 7) is 0.198. The average molecular weight is 242 g/mol. The van der Waals surface area contributed by atoms with Crippen LogP contribution in [0, 0.1) is 0 Å². The highest BCUT2D eigenvalue weighted by Crippen LogP contribution is 2.34. The molecule has 0 saturated heterocycles. The minimum atomic E-state index is -0.0955. The lowest BCUT2D eigenvalue weighted by atomic mass is 10.2. The number of carbonyl (C=O) groups excluding carboxylic acids is 1. The molecular formula is C8H8BrN3O. The molecule has 1 aromatic carbocycles. The summed E-state index contributed by atoms with van der Waals surface area (Å²) in [5.41, 5.74) is 1.57. The zero-order valence-electron chi connectivity index (χ0n) is 6.75. The summed E-state index contributed by atoms with van der Waals surface area (Å²) in [6, 6.07) is 5.60. The van der Waals surface area contributed by atoms with E-state index in [4.69, 9.17) is 5.84 Å². The summed E-state index contributed by atoms with van der Waals surface area (Å²) in [6.07, 6.45) is 0. The second-order valence-corrected chi connectivity index (χ2v) is 3.66. The van der Waals surface area contributed by atoms with E-state index < -0.39 is 0 Å². The molecule has 1 amide bonds. The van der Waals surface area contributed by atoms with Crippen LogP contribution in [0.25, 0.3) is 0 Å².